The molecule has 0 bridgehead atoms. The van der Waals surface area contributed by atoms with Crippen molar-refractivity contribution in [3.05, 3.63) is 35.9 Å². The van der Waals surface area contributed by atoms with E-state index < -0.39 is 6.09 Å². The summed E-state index contributed by atoms with van der Waals surface area (Å²) in [5.74, 6) is 0. The largest absolute Gasteiger partial charge is 0.445 e. The number of aliphatic hydroxyl groups is 1. The van der Waals surface area contributed by atoms with Gasteiger partial charge in [-0.05, 0) is 12.0 Å². The van der Waals surface area contributed by atoms with Gasteiger partial charge in [0.15, 0.2) is 0 Å². The fraction of sp³-hybridized carbons (Fsp3) is 0.462. The van der Waals surface area contributed by atoms with Crippen LogP contribution in [0.3, 0.4) is 0 Å². The fourth-order valence-corrected chi connectivity index (χ4v) is 2.00. The molecule has 1 saturated heterocycles. The van der Waals surface area contributed by atoms with Gasteiger partial charge in [0.05, 0.1) is 6.61 Å². The van der Waals surface area contributed by atoms with E-state index in [0.717, 1.165) is 12.0 Å². The Kier molecular flexibility index (Phi) is 6.62. The van der Waals surface area contributed by atoms with E-state index in [1.165, 1.54) is 0 Å². The summed E-state index contributed by atoms with van der Waals surface area (Å²) in [5.41, 5.74) is 0.963. The molecule has 3 N–H and O–H groups in total. The number of amides is 1. The molecule has 2 atom stereocenters. The monoisotopic (exact) mass is 286 g/mol. The second kappa shape index (κ2) is 7.99. The van der Waals surface area contributed by atoms with Crippen molar-refractivity contribution < 1.29 is 14.6 Å². The zero-order valence-corrected chi connectivity index (χ0v) is 11.4. The molecule has 1 aromatic carbocycles. The van der Waals surface area contributed by atoms with Gasteiger partial charge in [-0.1, -0.05) is 30.3 Å². The van der Waals surface area contributed by atoms with Crippen LogP contribution >= 0.6 is 12.4 Å². The first kappa shape index (κ1) is 15.8. The molecule has 0 radical (unpaired) electrons. The van der Waals surface area contributed by atoms with Gasteiger partial charge in [-0.15, -0.1) is 12.4 Å². The predicted molar refractivity (Wildman–Crippen MR) is 74.3 cm³/mol. The van der Waals surface area contributed by atoms with E-state index in [1.54, 1.807) is 0 Å². The van der Waals surface area contributed by atoms with Crippen molar-refractivity contribution >= 4 is 18.5 Å². The summed E-state index contributed by atoms with van der Waals surface area (Å²) in [6, 6.07) is 9.66. The average Bonchev–Trinajstić information content (AvgIpc) is 2.85. The Morgan fingerprint density at radius 2 is 2.16 bits per heavy atom. The van der Waals surface area contributed by atoms with Gasteiger partial charge in [-0.25, -0.2) is 4.79 Å². The average molecular weight is 287 g/mol. The van der Waals surface area contributed by atoms with Crippen molar-refractivity contribution in [1.82, 2.24) is 10.6 Å². The number of benzene rings is 1. The lowest BCUT2D eigenvalue weighted by atomic mass is 10.2. The standard InChI is InChI=1S/C13H18N2O3.ClH/c16-8-12-6-11(7-14-12)15-13(17)18-9-10-4-2-1-3-5-10;/h1-5,11-12,14,16H,6-9H2,(H,15,17);1H/t11-,12?;/m0./s1. The highest BCUT2D eigenvalue weighted by molar-refractivity contribution is 5.85. The highest BCUT2D eigenvalue weighted by atomic mass is 35.5. The first-order valence-corrected chi connectivity index (χ1v) is 6.09. The Morgan fingerprint density at radius 3 is 2.79 bits per heavy atom. The maximum Gasteiger partial charge on any atom is 0.407 e. The molecule has 0 saturated carbocycles. The smallest absolute Gasteiger partial charge is 0.407 e. The van der Waals surface area contributed by atoms with Crippen LogP contribution in [0.25, 0.3) is 0 Å². The highest BCUT2D eigenvalue weighted by Crippen LogP contribution is 2.06. The Bertz CT molecular complexity index is 389. The molecular weight excluding hydrogens is 268 g/mol. The number of alkyl carbamates (subject to hydrolysis) is 1. The fourth-order valence-electron chi connectivity index (χ4n) is 2.00. The van der Waals surface area contributed by atoms with Gasteiger partial charge >= 0.3 is 6.09 Å². The van der Waals surface area contributed by atoms with E-state index in [0.29, 0.717) is 6.54 Å². The summed E-state index contributed by atoms with van der Waals surface area (Å²) in [5, 5.41) is 14.9. The molecule has 106 valence electrons. The molecule has 1 aromatic rings. The Labute approximate surface area is 118 Å². The summed E-state index contributed by atoms with van der Waals surface area (Å²) in [7, 11) is 0. The number of hydrogen-bond acceptors (Lipinski definition) is 4. The summed E-state index contributed by atoms with van der Waals surface area (Å²) < 4.78 is 5.12. The van der Waals surface area contributed by atoms with Crippen LogP contribution in [0, 0.1) is 0 Å². The van der Waals surface area contributed by atoms with E-state index in [-0.39, 0.29) is 37.7 Å². The van der Waals surface area contributed by atoms with Crippen molar-refractivity contribution in [3.8, 4) is 0 Å². The van der Waals surface area contributed by atoms with Gasteiger partial charge in [-0.2, -0.15) is 0 Å². The zero-order chi connectivity index (χ0) is 12.8. The number of halogens is 1. The minimum Gasteiger partial charge on any atom is -0.445 e. The number of aliphatic hydroxyl groups excluding tert-OH is 1. The van der Waals surface area contributed by atoms with Crippen molar-refractivity contribution in [2.45, 2.75) is 25.1 Å². The predicted octanol–water partition coefficient (Wildman–Crippen LogP) is 1.06. The number of carbonyl (C=O) groups excluding carboxylic acids is 1. The molecule has 1 aliphatic rings. The Hall–Kier alpha value is -1.30. The van der Waals surface area contributed by atoms with Gasteiger partial charge in [0.2, 0.25) is 0 Å². The maximum absolute atomic E-state index is 11.5. The van der Waals surface area contributed by atoms with Crippen LogP contribution in [0.15, 0.2) is 30.3 Å². The minimum absolute atomic E-state index is 0. The van der Waals surface area contributed by atoms with Gasteiger partial charge in [0.25, 0.3) is 0 Å². The number of ether oxygens (including phenoxy) is 1. The van der Waals surface area contributed by atoms with Crippen molar-refractivity contribution in [2.24, 2.45) is 0 Å². The topological polar surface area (TPSA) is 70.6 Å². The van der Waals surface area contributed by atoms with Gasteiger partial charge in [-0.3, -0.25) is 0 Å². The summed E-state index contributed by atoms with van der Waals surface area (Å²) in [6.45, 7) is 1.04. The molecule has 19 heavy (non-hydrogen) atoms. The lowest BCUT2D eigenvalue weighted by molar-refractivity contribution is 0.136. The molecule has 1 fully saturated rings. The quantitative estimate of drug-likeness (QED) is 0.774. The van der Waals surface area contributed by atoms with Crippen LogP contribution in [-0.2, 0) is 11.3 Å². The summed E-state index contributed by atoms with van der Waals surface area (Å²) >= 11 is 0. The molecule has 0 aromatic heterocycles. The molecule has 1 amide bonds. The Morgan fingerprint density at radius 1 is 1.42 bits per heavy atom. The van der Waals surface area contributed by atoms with Gasteiger partial charge < -0.3 is 20.5 Å². The molecule has 0 aliphatic carbocycles. The van der Waals surface area contributed by atoms with Crippen molar-refractivity contribution in [2.75, 3.05) is 13.2 Å². The number of nitrogens with one attached hydrogen (secondary N) is 2. The third-order valence-corrected chi connectivity index (χ3v) is 2.98. The number of carbonyl (C=O) groups is 1. The van der Waals surface area contributed by atoms with E-state index in [1.807, 2.05) is 30.3 Å². The van der Waals surface area contributed by atoms with Crippen molar-refractivity contribution in [3.63, 3.8) is 0 Å². The number of hydrogen-bond donors (Lipinski definition) is 3. The van der Waals surface area contributed by atoms with E-state index in [4.69, 9.17) is 9.84 Å². The van der Waals surface area contributed by atoms with Gasteiger partial charge in [0.1, 0.15) is 6.61 Å². The van der Waals surface area contributed by atoms with Crippen LogP contribution in [0.5, 0.6) is 0 Å². The first-order valence-electron chi connectivity index (χ1n) is 6.09. The summed E-state index contributed by atoms with van der Waals surface area (Å²) in [6.07, 6.45) is 0.320. The van der Waals surface area contributed by atoms with Crippen LogP contribution in [0.2, 0.25) is 0 Å². The molecule has 1 unspecified atom stereocenters. The van der Waals surface area contributed by atoms with Crippen LogP contribution in [0.4, 0.5) is 4.79 Å². The molecule has 2 rings (SSSR count). The first-order chi connectivity index (χ1) is 8.78. The second-order valence-corrected chi connectivity index (χ2v) is 4.43. The molecule has 6 heteroatoms. The third-order valence-electron chi connectivity index (χ3n) is 2.98. The van der Waals surface area contributed by atoms with Crippen LogP contribution in [0.1, 0.15) is 12.0 Å². The van der Waals surface area contributed by atoms with E-state index in [9.17, 15) is 4.79 Å². The molecule has 0 spiro atoms. The SMILES string of the molecule is Cl.O=C(N[C@@H]1CNC(CO)C1)OCc1ccccc1. The number of rotatable bonds is 4. The molecule has 1 aliphatic heterocycles. The highest BCUT2D eigenvalue weighted by Gasteiger charge is 2.24. The molecular formula is C13H19ClN2O3. The van der Waals surface area contributed by atoms with Crippen molar-refractivity contribution in [1.29, 1.82) is 0 Å². The molecule has 1 heterocycles. The van der Waals surface area contributed by atoms with Gasteiger partial charge in [0, 0.05) is 18.6 Å². The summed E-state index contributed by atoms with van der Waals surface area (Å²) in [4.78, 5) is 11.5. The van der Waals surface area contributed by atoms with Crippen LogP contribution in [-0.4, -0.2) is 36.4 Å². The van der Waals surface area contributed by atoms with E-state index in [2.05, 4.69) is 10.6 Å². The lowest BCUT2D eigenvalue weighted by Crippen LogP contribution is -2.36. The second-order valence-electron chi connectivity index (χ2n) is 4.43. The van der Waals surface area contributed by atoms with E-state index >= 15 is 0 Å². The minimum atomic E-state index is -0.413. The Balaban J connectivity index is 0.00000180. The maximum atomic E-state index is 11.5. The zero-order valence-electron chi connectivity index (χ0n) is 10.5. The normalized spacial score (nSPS) is 21.5. The molecule has 5 nitrogen and oxygen atoms in total. The van der Waals surface area contributed by atoms with Crippen LogP contribution < -0.4 is 10.6 Å². The third kappa shape index (κ3) is 5.06. The lowest BCUT2D eigenvalue weighted by Gasteiger charge is -2.12.